The van der Waals surface area contributed by atoms with Crippen LogP contribution in [0.2, 0.25) is 0 Å². The van der Waals surface area contributed by atoms with Gasteiger partial charge in [0.1, 0.15) is 0 Å². The van der Waals surface area contributed by atoms with Crippen LogP contribution in [0.15, 0.2) is 53.4 Å². The van der Waals surface area contributed by atoms with Gasteiger partial charge in [-0.1, -0.05) is 42.5 Å². The van der Waals surface area contributed by atoms with Gasteiger partial charge in [0.15, 0.2) is 0 Å². The standard InChI is InChI=1S/C15H16N2O2S/c16-9-12-5-3-4-8-15(12)20(18,19)17-10-13-6-1-2-7-14(13)11-17/h1-8H,9-11,16H2. The van der Waals surface area contributed by atoms with Gasteiger partial charge in [0.05, 0.1) is 4.90 Å². The summed E-state index contributed by atoms with van der Waals surface area (Å²) < 4.78 is 27.0. The summed E-state index contributed by atoms with van der Waals surface area (Å²) in [7, 11) is -3.50. The summed E-state index contributed by atoms with van der Waals surface area (Å²) in [6.45, 7) is 1.07. The van der Waals surface area contributed by atoms with Gasteiger partial charge >= 0.3 is 0 Å². The Labute approximate surface area is 118 Å². The van der Waals surface area contributed by atoms with Crippen LogP contribution in [0.4, 0.5) is 0 Å². The van der Waals surface area contributed by atoms with E-state index in [1.54, 1.807) is 24.3 Å². The lowest BCUT2D eigenvalue weighted by atomic mass is 10.1. The fraction of sp³-hybridized carbons (Fsp3) is 0.200. The SMILES string of the molecule is NCc1ccccc1S(=O)(=O)N1Cc2ccccc2C1. The van der Waals surface area contributed by atoms with Gasteiger partial charge in [0.2, 0.25) is 10.0 Å². The lowest BCUT2D eigenvalue weighted by Crippen LogP contribution is -2.27. The van der Waals surface area contributed by atoms with Gasteiger partial charge in [0.25, 0.3) is 0 Å². The lowest BCUT2D eigenvalue weighted by Gasteiger charge is -2.17. The van der Waals surface area contributed by atoms with Crippen molar-refractivity contribution in [1.29, 1.82) is 0 Å². The van der Waals surface area contributed by atoms with Gasteiger partial charge < -0.3 is 5.73 Å². The van der Waals surface area contributed by atoms with Crippen molar-refractivity contribution in [1.82, 2.24) is 4.31 Å². The topological polar surface area (TPSA) is 63.4 Å². The molecule has 1 heterocycles. The van der Waals surface area contributed by atoms with Gasteiger partial charge in [0, 0.05) is 19.6 Å². The summed E-state index contributed by atoms with van der Waals surface area (Å²) in [5, 5.41) is 0. The Morgan fingerprint density at radius 3 is 2.10 bits per heavy atom. The van der Waals surface area contributed by atoms with Crippen molar-refractivity contribution in [3.8, 4) is 0 Å². The Bertz CT molecular complexity index is 716. The number of rotatable bonds is 3. The number of nitrogens with two attached hydrogens (primary N) is 1. The third kappa shape index (κ3) is 2.14. The highest BCUT2D eigenvalue weighted by Gasteiger charge is 2.31. The monoisotopic (exact) mass is 288 g/mol. The maximum Gasteiger partial charge on any atom is 0.244 e. The molecule has 3 rings (SSSR count). The van der Waals surface area contributed by atoms with Crippen LogP contribution in [0.1, 0.15) is 16.7 Å². The van der Waals surface area contributed by atoms with Crippen LogP contribution in [0.3, 0.4) is 0 Å². The van der Waals surface area contributed by atoms with Crippen LogP contribution in [0.25, 0.3) is 0 Å². The molecule has 1 aliphatic heterocycles. The molecule has 2 N–H and O–H groups in total. The zero-order chi connectivity index (χ0) is 14.2. The second-order valence-corrected chi connectivity index (χ2v) is 6.76. The summed E-state index contributed by atoms with van der Waals surface area (Å²) in [5.41, 5.74) is 8.44. The van der Waals surface area contributed by atoms with Crippen LogP contribution >= 0.6 is 0 Å². The van der Waals surface area contributed by atoms with E-state index >= 15 is 0 Å². The highest BCUT2D eigenvalue weighted by Crippen LogP contribution is 2.29. The fourth-order valence-corrected chi connectivity index (χ4v) is 4.16. The first-order valence-electron chi connectivity index (χ1n) is 6.48. The molecule has 0 aromatic heterocycles. The molecule has 0 aliphatic carbocycles. The Morgan fingerprint density at radius 1 is 0.950 bits per heavy atom. The fourth-order valence-electron chi connectivity index (χ4n) is 2.54. The number of fused-ring (bicyclic) bond motifs is 1. The largest absolute Gasteiger partial charge is 0.326 e. The van der Waals surface area contributed by atoms with Crippen molar-refractivity contribution < 1.29 is 8.42 Å². The van der Waals surface area contributed by atoms with Crippen molar-refractivity contribution in [3.05, 3.63) is 65.2 Å². The Kier molecular flexibility index (Phi) is 3.33. The van der Waals surface area contributed by atoms with Crippen molar-refractivity contribution in [2.24, 2.45) is 5.73 Å². The Hall–Kier alpha value is -1.69. The average molecular weight is 288 g/mol. The molecular formula is C15H16N2O2S. The van der Waals surface area contributed by atoms with Crippen LogP contribution in [0, 0.1) is 0 Å². The zero-order valence-electron chi connectivity index (χ0n) is 11.0. The van der Waals surface area contributed by atoms with Gasteiger partial charge in [-0.3, -0.25) is 0 Å². The van der Waals surface area contributed by atoms with E-state index in [2.05, 4.69) is 0 Å². The second kappa shape index (κ2) is 5.01. The number of hydrogen-bond acceptors (Lipinski definition) is 3. The van der Waals surface area contributed by atoms with Crippen LogP contribution < -0.4 is 5.73 Å². The first-order chi connectivity index (χ1) is 9.63. The summed E-state index contributed by atoms with van der Waals surface area (Å²) in [5.74, 6) is 0. The van der Waals surface area contributed by atoms with Crippen LogP contribution in [-0.4, -0.2) is 12.7 Å². The number of sulfonamides is 1. The molecule has 0 atom stereocenters. The molecule has 0 spiro atoms. The molecule has 1 aliphatic rings. The molecule has 2 aromatic carbocycles. The van der Waals surface area contributed by atoms with E-state index in [4.69, 9.17) is 5.73 Å². The van der Waals surface area contributed by atoms with Gasteiger partial charge in [-0.05, 0) is 22.8 Å². The molecule has 4 nitrogen and oxygen atoms in total. The first kappa shape index (κ1) is 13.3. The first-order valence-corrected chi connectivity index (χ1v) is 7.92. The van der Waals surface area contributed by atoms with Gasteiger partial charge in [-0.2, -0.15) is 4.31 Å². The zero-order valence-corrected chi connectivity index (χ0v) is 11.8. The summed E-state index contributed by atoms with van der Waals surface area (Å²) in [6, 6.07) is 14.7. The van der Waals surface area contributed by atoms with E-state index in [0.717, 1.165) is 11.1 Å². The molecule has 0 saturated carbocycles. The minimum absolute atomic E-state index is 0.218. The summed E-state index contributed by atoms with van der Waals surface area (Å²) >= 11 is 0. The summed E-state index contributed by atoms with van der Waals surface area (Å²) in [6.07, 6.45) is 0. The molecule has 20 heavy (non-hydrogen) atoms. The number of benzene rings is 2. The number of hydrogen-bond donors (Lipinski definition) is 1. The molecule has 2 aromatic rings. The van der Waals surface area contributed by atoms with E-state index < -0.39 is 10.0 Å². The minimum Gasteiger partial charge on any atom is -0.326 e. The Balaban J connectivity index is 1.99. The van der Waals surface area contributed by atoms with E-state index in [0.29, 0.717) is 23.5 Å². The van der Waals surface area contributed by atoms with Crippen molar-refractivity contribution in [2.45, 2.75) is 24.5 Å². The molecule has 0 amide bonds. The average Bonchev–Trinajstić information content (AvgIpc) is 2.92. The predicted octanol–water partition coefficient (Wildman–Crippen LogP) is 1.85. The molecular weight excluding hydrogens is 272 g/mol. The van der Waals surface area contributed by atoms with E-state index in [-0.39, 0.29) is 6.54 Å². The molecule has 0 unspecified atom stereocenters. The maximum atomic E-state index is 12.8. The highest BCUT2D eigenvalue weighted by molar-refractivity contribution is 7.89. The molecule has 0 bridgehead atoms. The maximum absolute atomic E-state index is 12.8. The number of nitrogens with zero attached hydrogens (tertiary/aromatic N) is 1. The van der Waals surface area contributed by atoms with Crippen molar-refractivity contribution in [3.63, 3.8) is 0 Å². The van der Waals surface area contributed by atoms with E-state index in [1.807, 2.05) is 24.3 Å². The predicted molar refractivity (Wildman–Crippen MR) is 77.2 cm³/mol. The normalized spacial score (nSPS) is 15.2. The molecule has 0 radical (unpaired) electrons. The second-order valence-electron chi connectivity index (χ2n) is 4.85. The third-order valence-electron chi connectivity index (χ3n) is 3.62. The molecule has 0 saturated heterocycles. The quantitative estimate of drug-likeness (QED) is 0.937. The lowest BCUT2D eigenvalue weighted by molar-refractivity contribution is 0.431. The van der Waals surface area contributed by atoms with Crippen LogP contribution in [-0.2, 0) is 29.7 Å². The van der Waals surface area contributed by atoms with E-state index in [9.17, 15) is 8.42 Å². The molecule has 5 heteroatoms. The highest BCUT2D eigenvalue weighted by atomic mass is 32.2. The van der Waals surface area contributed by atoms with Crippen molar-refractivity contribution in [2.75, 3.05) is 0 Å². The van der Waals surface area contributed by atoms with E-state index in [1.165, 1.54) is 4.31 Å². The Morgan fingerprint density at radius 2 is 1.50 bits per heavy atom. The molecule has 104 valence electrons. The molecule has 0 fully saturated rings. The third-order valence-corrected chi connectivity index (χ3v) is 5.51. The van der Waals surface area contributed by atoms with Crippen LogP contribution in [0.5, 0.6) is 0 Å². The van der Waals surface area contributed by atoms with Gasteiger partial charge in [-0.15, -0.1) is 0 Å². The van der Waals surface area contributed by atoms with Crippen molar-refractivity contribution >= 4 is 10.0 Å². The minimum atomic E-state index is -3.50. The van der Waals surface area contributed by atoms with Gasteiger partial charge in [-0.25, -0.2) is 8.42 Å². The smallest absolute Gasteiger partial charge is 0.244 e. The summed E-state index contributed by atoms with van der Waals surface area (Å²) in [4.78, 5) is 0.315.